The molecule has 1 aliphatic rings. The highest BCUT2D eigenvalue weighted by Crippen LogP contribution is 2.14. The molecule has 29 heavy (non-hydrogen) atoms. The summed E-state index contributed by atoms with van der Waals surface area (Å²) in [6.07, 6.45) is 3.25. The number of likely N-dealkylation sites (N-methyl/N-ethyl adjacent to an activating group) is 2. The van der Waals surface area contributed by atoms with E-state index in [1.54, 1.807) is 20.3 Å². The van der Waals surface area contributed by atoms with Gasteiger partial charge in [-0.25, -0.2) is 9.67 Å². The van der Waals surface area contributed by atoms with Crippen LogP contribution in [0.4, 0.5) is 5.82 Å². The number of carbonyl (C=O) groups is 2. The quantitative estimate of drug-likeness (QED) is 0.689. The predicted molar refractivity (Wildman–Crippen MR) is 108 cm³/mol. The Bertz CT molecular complexity index is 825. The Morgan fingerprint density at radius 2 is 1.93 bits per heavy atom. The largest absolute Gasteiger partial charge is 0.354 e. The van der Waals surface area contributed by atoms with Gasteiger partial charge in [0.25, 0.3) is 5.91 Å². The average Bonchev–Trinajstić information content (AvgIpc) is 3.21. The second-order valence-corrected chi connectivity index (χ2v) is 7.22. The van der Waals surface area contributed by atoms with Gasteiger partial charge in [0.05, 0.1) is 6.20 Å². The van der Waals surface area contributed by atoms with E-state index in [-0.39, 0.29) is 24.1 Å². The summed E-state index contributed by atoms with van der Waals surface area (Å²) in [5.74, 6) is 0.502. The van der Waals surface area contributed by atoms with E-state index in [0.717, 1.165) is 44.1 Å². The molecule has 1 N–H and O–H groups in total. The van der Waals surface area contributed by atoms with Gasteiger partial charge in [-0.2, -0.15) is 0 Å². The molecule has 3 heterocycles. The number of nitrogens with one attached hydrogen (secondary N) is 1. The number of anilines is 1. The molecule has 3 rings (SSSR count). The average molecular weight is 400 g/mol. The lowest BCUT2D eigenvalue weighted by Crippen LogP contribution is -2.46. The van der Waals surface area contributed by atoms with E-state index in [2.05, 4.69) is 37.3 Å². The molecule has 10 nitrogen and oxygen atoms in total. The van der Waals surface area contributed by atoms with Gasteiger partial charge in [0.15, 0.2) is 5.69 Å². The van der Waals surface area contributed by atoms with Crippen LogP contribution in [0.3, 0.4) is 0 Å². The fraction of sp³-hybridized carbons (Fsp3) is 0.526. The first-order chi connectivity index (χ1) is 14.0. The highest BCUT2D eigenvalue weighted by Gasteiger charge is 2.17. The van der Waals surface area contributed by atoms with Crippen molar-refractivity contribution in [3.63, 3.8) is 0 Å². The van der Waals surface area contributed by atoms with E-state index >= 15 is 0 Å². The van der Waals surface area contributed by atoms with Crippen molar-refractivity contribution >= 4 is 17.6 Å². The van der Waals surface area contributed by atoms with Crippen molar-refractivity contribution in [2.45, 2.75) is 20.0 Å². The molecule has 156 valence electrons. The summed E-state index contributed by atoms with van der Waals surface area (Å²) >= 11 is 0. The van der Waals surface area contributed by atoms with Crippen LogP contribution in [-0.4, -0.2) is 88.4 Å². The van der Waals surface area contributed by atoms with Crippen molar-refractivity contribution in [3.8, 4) is 0 Å². The molecule has 0 unspecified atom stereocenters. The third-order valence-electron chi connectivity index (χ3n) is 4.97. The Hall–Kier alpha value is -3.01. The van der Waals surface area contributed by atoms with Gasteiger partial charge in [-0.15, -0.1) is 5.10 Å². The van der Waals surface area contributed by atoms with E-state index in [9.17, 15) is 9.59 Å². The second kappa shape index (κ2) is 9.46. The van der Waals surface area contributed by atoms with Crippen LogP contribution in [0.1, 0.15) is 23.0 Å². The molecule has 0 aliphatic carbocycles. The third kappa shape index (κ3) is 5.50. The van der Waals surface area contributed by atoms with Crippen LogP contribution in [0.5, 0.6) is 0 Å². The topological polar surface area (TPSA) is 99.5 Å². The van der Waals surface area contributed by atoms with Crippen LogP contribution in [0.2, 0.25) is 0 Å². The van der Waals surface area contributed by atoms with Gasteiger partial charge in [-0.05, 0) is 18.2 Å². The number of pyridine rings is 1. The summed E-state index contributed by atoms with van der Waals surface area (Å²) in [4.78, 5) is 34.7. The first kappa shape index (κ1) is 20.7. The summed E-state index contributed by atoms with van der Waals surface area (Å²) in [6, 6.07) is 3.97. The number of rotatable bonds is 7. The minimum Gasteiger partial charge on any atom is -0.354 e. The molecule has 0 aromatic carbocycles. The lowest BCUT2D eigenvalue weighted by Gasteiger charge is -2.34. The Balaban J connectivity index is 1.49. The van der Waals surface area contributed by atoms with Gasteiger partial charge < -0.3 is 20.0 Å². The molecule has 1 aliphatic heterocycles. The molecule has 2 amide bonds. The van der Waals surface area contributed by atoms with Crippen molar-refractivity contribution in [1.29, 1.82) is 0 Å². The number of aromatic nitrogens is 4. The minimum absolute atomic E-state index is 0.0468. The molecule has 0 bridgehead atoms. The molecule has 10 heteroatoms. The zero-order valence-corrected chi connectivity index (χ0v) is 17.2. The summed E-state index contributed by atoms with van der Waals surface area (Å²) in [7, 11) is 3.33. The van der Waals surface area contributed by atoms with Crippen molar-refractivity contribution in [3.05, 3.63) is 35.8 Å². The molecule has 2 aromatic heterocycles. The van der Waals surface area contributed by atoms with Gasteiger partial charge >= 0.3 is 0 Å². The Labute approximate surface area is 170 Å². The maximum absolute atomic E-state index is 12.3. The molecule has 0 atom stereocenters. The van der Waals surface area contributed by atoms with Gasteiger partial charge in [0, 0.05) is 53.0 Å². The van der Waals surface area contributed by atoms with Crippen LogP contribution in [-0.2, 0) is 17.9 Å². The number of carbonyl (C=O) groups excluding carboxylic acids is 2. The lowest BCUT2D eigenvalue weighted by molar-refractivity contribution is -0.129. The maximum atomic E-state index is 12.3. The molecule has 0 radical (unpaired) electrons. The van der Waals surface area contributed by atoms with Crippen LogP contribution in [0, 0.1) is 0 Å². The van der Waals surface area contributed by atoms with Crippen molar-refractivity contribution in [2.24, 2.45) is 0 Å². The predicted octanol–water partition coefficient (Wildman–Crippen LogP) is -0.167. The zero-order chi connectivity index (χ0) is 20.8. The number of nitrogens with zero attached hydrogens (tertiary/aromatic N) is 7. The summed E-state index contributed by atoms with van der Waals surface area (Å²) < 4.78 is 1.35. The van der Waals surface area contributed by atoms with Gasteiger partial charge in [0.2, 0.25) is 5.91 Å². The van der Waals surface area contributed by atoms with E-state index in [0.29, 0.717) is 6.54 Å². The molecular weight excluding hydrogens is 372 g/mol. The smallest absolute Gasteiger partial charge is 0.273 e. The lowest BCUT2D eigenvalue weighted by atomic mass is 10.2. The van der Waals surface area contributed by atoms with Crippen molar-refractivity contribution in [1.82, 2.24) is 35.1 Å². The molecule has 1 saturated heterocycles. The van der Waals surface area contributed by atoms with Crippen LogP contribution >= 0.6 is 0 Å². The van der Waals surface area contributed by atoms with E-state index in [1.165, 1.54) is 15.8 Å². The Morgan fingerprint density at radius 3 is 2.55 bits per heavy atom. The zero-order valence-electron chi connectivity index (χ0n) is 17.2. The van der Waals surface area contributed by atoms with Gasteiger partial charge in [0.1, 0.15) is 12.4 Å². The van der Waals surface area contributed by atoms with Crippen molar-refractivity contribution < 1.29 is 9.59 Å². The first-order valence-electron chi connectivity index (χ1n) is 9.77. The summed E-state index contributed by atoms with van der Waals surface area (Å²) in [6.45, 7) is 7.71. The number of hydrogen-bond donors (Lipinski definition) is 1. The maximum Gasteiger partial charge on any atom is 0.273 e. The normalized spacial score (nSPS) is 14.7. The SMILES string of the molecule is CCN1CCN(c2ccc(CNC(=O)c3cn(CC(=O)N(C)C)nn3)cn2)CC1. The number of amides is 2. The van der Waals surface area contributed by atoms with Crippen LogP contribution in [0.15, 0.2) is 24.5 Å². The molecule has 0 spiro atoms. The molecule has 0 saturated carbocycles. The van der Waals surface area contributed by atoms with Crippen molar-refractivity contribution in [2.75, 3.05) is 51.7 Å². The first-order valence-corrected chi connectivity index (χ1v) is 9.77. The second-order valence-electron chi connectivity index (χ2n) is 7.22. The molecular formula is C19H28N8O2. The van der Waals surface area contributed by atoms with E-state index < -0.39 is 0 Å². The Kier molecular flexibility index (Phi) is 6.76. The van der Waals surface area contributed by atoms with Gasteiger partial charge in [-0.3, -0.25) is 9.59 Å². The highest BCUT2D eigenvalue weighted by atomic mass is 16.2. The fourth-order valence-electron chi connectivity index (χ4n) is 3.03. The standard InChI is InChI=1S/C19H28N8O2/c1-4-25-7-9-26(10-8-25)17-6-5-15(11-20-17)12-21-19(29)16-13-27(23-22-16)14-18(28)24(2)3/h5-6,11,13H,4,7-10,12,14H2,1-3H3,(H,21,29). The van der Waals surface area contributed by atoms with Crippen LogP contribution < -0.4 is 10.2 Å². The highest BCUT2D eigenvalue weighted by molar-refractivity contribution is 5.91. The van der Waals surface area contributed by atoms with E-state index in [1.807, 2.05) is 12.1 Å². The number of hydrogen-bond acceptors (Lipinski definition) is 7. The van der Waals surface area contributed by atoms with E-state index in [4.69, 9.17) is 0 Å². The minimum atomic E-state index is -0.340. The monoisotopic (exact) mass is 400 g/mol. The Morgan fingerprint density at radius 1 is 1.17 bits per heavy atom. The summed E-state index contributed by atoms with van der Waals surface area (Å²) in [5, 5.41) is 10.5. The number of piperazine rings is 1. The molecule has 1 fully saturated rings. The third-order valence-corrected chi connectivity index (χ3v) is 4.97. The fourth-order valence-corrected chi connectivity index (χ4v) is 3.03. The van der Waals surface area contributed by atoms with Crippen LogP contribution in [0.25, 0.3) is 0 Å². The summed E-state index contributed by atoms with van der Waals surface area (Å²) in [5.41, 5.74) is 1.08. The molecule has 2 aromatic rings. The van der Waals surface area contributed by atoms with Gasteiger partial charge in [-0.1, -0.05) is 18.2 Å².